The molecule has 18 heavy (non-hydrogen) atoms. The number of oxazole rings is 1. The third kappa shape index (κ3) is 2.59. The molecule has 3 rings (SSSR count). The van der Waals surface area contributed by atoms with Crippen LogP contribution in [0.25, 0.3) is 0 Å². The second-order valence-corrected chi connectivity index (χ2v) is 5.85. The normalized spacial score (nSPS) is 20.4. The highest BCUT2D eigenvalue weighted by Crippen LogP contribution is 2.33. The van der Waals surface area contributed by atoms with Gasteiger partial charge in [-0.2, -0.15) is 0 Å². The summed E-state index contributed by atoms with van der Waals surface area (Å²) in [7, 11) is 0. The van der Waals surface area contributed by atoms with Gasteiger partial charge in [0.15, 0.2) is 0 Å². The van der Waals surface area contributed by atoms with Crippen molar-refractivity contribution in [1.29, 1.82) is 0 Å². The van der Waals surface area contributed by atoms with Gasteiger partial charge in [-0.25, -0.2) is 4.98 Å². The predicted molar refractivity (Wildman–Crippen MR) is 78.0 cm³/mol. The number of benzene rings is 1. The van der Waals surface area contributed by atoms with Crippen molar-refractivity contribution in [1.82, 2.24) is 9.88 Å². The van der Waals surface area contributed by atoms with Gasteiger partial charge in [-0.1, -0.05) is 12.1 Å². The van der Waals surface area contributed by atoms with Crippen molar-refractivity contribution in [2.24, 2.45) is 0 Å². The molecular weight excluding hydrogens is 339 g/mol. The van der Waals surface area contributed by atoms with Gasteiger partial charge >= 0.3 is 0 Å². The van der Waals surface area contributed by atoms with E-state index in [1.54, 1.807) is 12.5 Å². The summed E-state index contributed by atoms with van der Waals surface area (Å²) < 4.78 is 6.63. The standard InChI is InChI=1S/C14H15IN2O/c15-12-5-3-11(4-6-12)13-2-1-8-17(13)10-14-16-7-9-18-14/h3-7,9,13H,1-2,8,10H2. The third-order valence-corrected chi connectivity index (χ3v) is 4.16. The molecule has 94 valence electrons. The van der Waals surface area contributed by atoms with E-state index in [-0.39, 0.29) is 0 Å². The molecule has 2 heterocycles. The van der Waals surface area contributed by atoms with E-state index in [4.69, 9.17) is 4.42 Å². The lowest BCUT2D eigenvalue weighted by atomic mass is 10.0. The smallest absolute Gasteiger partial charge is 0.208 e. The highest BCUT2D eigenvalue weighted by molar-refractivity contribution is 14.1. The highest BCUT2D eigenvalue weighted by Gasteiger charge is 2.26. The number of hydrogen-bond acceptors (Lipinski definition) is 3. The van der Waals surface area contributed by atoms with E-state index >= 15 is 0 Å². The van der Waals surface area contributed by atoms with Crippen LogP contribution in [0.5, 0.6) is 0 Å². The Kier molecular flexibility index (Phi) is 3.65. The van der Waals surface area contributed by atoms with E-state index in [0.717, 1.165) is 19.0 Å². The largest absolute Gasteiger partial charge is 0.448 e. The average molecular weight is 354 g/mol. The van der Waals surface area contributed by atoms with Gasteiger partial charge in [0.1, 0.15) is 6.26 Å². The monoisotopic (exact) mass is 354 g/mol. The molecule has 3 nitrogen and oxygen atoms in total. The zero-order valence-electron chi connectivity index (χ0n) is 10.1. The summed E-state index contributed by atoms with van der Waals surface area (Å²) >= 11 is 2.34. The van der Waals surface area contributed by atoms with Gasteiger partial charge in [-0.3, -0.25) is 4.90 Å². The van der Waals surface area contributed by atoms with Crippen LogP contribution in [0.4, 0.5) is 0 Å². The molecular formula is C14H15IN2O. The van der Waals surface area contributed by atoms with Crippen molar-refractivity contribution in [3.63, 3.8) is 0 Å². The minimum absolute atomic E-state index is 0.508. The summed E-state index contributed by atoms with van der Waals surface area (Å²) in [6.07, 6.45) is 5.83. The zero-order valence-corrected chi connectivity index (χ0v) is 12.2. The SMILES string of the molecule is Ic1ccc(C2CCCN2Cc2ncco2)cc1. The maximum Gasteiger partial charge on any atom is 0.208 e. The van der Waals surface area contributed by atoms with Gasteiger partial charge in [0.2, 0.25) is 5.89 Å². The van der Waals surface area contributed by atoms with E-state index in [1.807, 2.05) is 0 Å². The van der Waals surface area contributed by atoms with Crippen LogP contribution in [0.3, 0.4) is 0 Å². The van der Waals surface area contributed by atoms with Crippen molar-refractivity contribution in [2.75, 3.05) is 6.54 Å². The fourth-order valence-corrected chi connectivity index (χ4v) is 2.94. The Morgan fingerprint density at radius 1 is 1.33 bits per heavy atom. The molecule has 0 spiro atoms. The van der Waals surface area contributed by atoms with Crippen LogP contribution in [0, 0.1) is 3.57 Å². The van der Waals surface area contributed by atoms with Crippen LogP contribution in [-0.2, 0) is 6.54 Å². The van der Waals surface area contributed by atoms with Crippen LogP contribution in [0.1, 0.15) is 30.3 Å². The summed E-state index contributed by atoms with van der Waals surface area (Å²) in [5.41, 5.74) is 1.40. The minimum atomic E-state index is 0.508. The number of aromatic nitrogens is 1. The first-order valence-corrected chi connectivity index (χ1v) is 7.29. The van der Waals surface area contributed by atoms with Gasteiger partial charge in [0, 0.05) is 9.61 Å². The van der Waals surface area contributed by atoms with Crippen LogP contribution in [-0.4, -0.2) is 16.4 Å². The Balaban J connectivity index is 1.76. The molecule has 0 N–H and O–H groups in total. The molecule has 0 aliphatic carbocycles. The molecule has 1 aromatic carbocycles. The fourth-order valence-electron chi connectivity index (χ4n) is 2.58. The number of rotatable bonds is 3. The first kappa shape index (κ1) is 12.2. The Morgan fingerprint density at radius 2 is 2.17 bits per heavy atom. The lowest BCUT2D eigenvalue weighted by Gasteiger charge is -2.23. The van der Waals surface area contributed by atoms with E-state index < -0.39 is 0 Å². The van der Waals surface area contributed by atoms with Crippen LogP contribution >= 0.6 is 22.6 Å². The molecule has 1 aromatic heterocycles. The van der Waals surface area contributed by atoms with Crippen LogP contribution in [0.15, 0.2) is 41.1 Å². The number of likely N-dealkylation sites (tertiary alicyclic amines) is 1. The summed E-state index contributed by atoms with van der Waals surface area (Å²) in [5, 5.41) is 0. The highest BCUT2D eigenvalue weighted by atomic mass is 127. The Morgan fingerprint density at radius 3 is 2.89 bits per heavy atom. The third-order valence-electron chi connectivity index (χ3n) is 3.44. The van der Waals surface area contributed by atoms with Crippen LogP contribution < -0.4 is 0 Å². The molecule has 2 aromatic rings. The van der Waals surface area contributed by atoms with Gasteiger partial charge in [0.25, 0.3) is 0 Å². The Hall–Kier alpha value is -0.880. The molecule has 1 aliphatic heterocycles. The molecule has 1 atom stereocenters. The van der Waals surface area contributed by atoms with E-state index in [1.165, 1.54) is 22.0 Å². The zero-order chi connectivity index (χ0) is 12.4. The van der Waals surface area contributed by atoms with Gasteiger partial charge in [-0.05, 0) is 59.7 Å². The Labute approximate surface area is 120 Å². The van der Waals surface area contributed by atoms with Gasteiger partial charge in [-0.15, -0.1) is 0 Å². The first-order chi connectivity index (χ1) is 8.83. The maximum atomic E-state index is 5.34. The van der Waals surface area contributed by atoms with Crippen molar-refractivity contribution in [3.05, 3.63) is 51.7 Å². The first-order valence-electron chi connectivity index (χ1n) is 6.21. The second kappa shape index (κ2) is 5.40. The van der Waals surface area contributed by atoms with Gasteiger partial charge < -0.3 is 4.42 Å². The lowest BCUT2D eigenvalue weighted by molar-refractivity contribution is 0.223. The second-order valence-electron chi connectivity index (χ2n) is 4.61. The molecule has 0 bridgehead atoms. The average Bonchev–Trinajstić information content (AvgIpc) is 3.02. The maximum absolute atomic E-state index is 5.34. The van der Waals surface area contributed by atoms with Crippen molar-refractivity contribution in [2.45, 2.75) is 25.4 Å². The predicted octanol–water partition coefficient (Wildman–Crippen LogP) is 3.62. The fraction of sp³-hybridized carbons (Fsp3) is 0.357. The number of halogens is 1. The molecule has 0 radical (unpaired) electrons. The summed E-state index contributed by atoms with van der Waals surface area (Å²) in [6, 6.07) is 9.34. The van der Waals surface area contributed by atoms with E-state index in [0.29, 0.717) is 6.04 Å². The van der Waals surface area contributed by atoms with Crippen molar-refractivity contribution in [3.8, 4) is 0 Å². The van der Waals surface area contributed by atoms with Crippen LogP contribution in [0.2, 0.25) is 0 Å². The molecule has 0 saturated carbocycles. The lowest BCUT2D eigenvalue weighted by Crippen LogP contribution is -2.22. The van der Waals surface area contributed by atoms with E-state index in [2.05, 4.69) is 56.7 Å². The number of nitrogens with zero attached hydrogens (tertiary/aromatic N) is 2. The summed E-state index contributed by atoms with van der Waals surface area (Å²) in [5.74, 6) is 0.812. The molecule has 1 saturated heterocycles. The molecule has 1 aliphatic rings. The molecule has 1 fully saturated rings. The number of hydrogen-bond donors (Lipinski definition) is 0. The molecule has 1 unspecified atom stereocenters. The molecule has 4 heteroatoms. The van der Waals surface area contributed by atoms with Gasteiger partial charge in [0.05, 0.1) is 12.7 Å². The minimum Gasteiger partial charge on any atom is -0.448 e. The van der Waals surface area contributed by atoms with Crippen molar-refractivity contribution < 1.29 is 4.42 Å². The molecule has 0 amide bonds. The topological polar surface area (TPSA) is 29.3 Å². The summed E-state index contributed by atoms with van der Waals surface area (Å²) in [6.45, 7) is 1.93. The summed E-state index contributed by atoms with van der Waals surface area (Å²) in [4.78, 5) is 6.66. The Bertz CT molecular complexity index is 495. The quantitative estimate of drug-likeness (QED) is 0.789. The van der Waals surface area contributed by atoms with E-state index in [9.17, 15) is 0 Å². The van der Waals surface area contributed by atoms with Crippen molar-refractivity contribution >= 4 is 22.6 Å².